The lowest BCUT2D eigenvalue weighted by Crippen LogP contribution is -2.45. The van der Waals surface area contributed by atoms with E-state index in [-0.39, 0.29) is 40.9 Å². The highest BCUT2D eigenvalue weighted by molar-refractivity contribution is 7.91. The Morgan fingerprint density at radius 2 is 1.85 bits per heavy atom. The second-order valence-electron chi connectivity index (χ2n) is 7.21. The Morgan fingerprint density at radius 1 is 1.19 bits per heavy atom. The molecule has 2 heterocycles. The molecule has 0 unspecified atom stereocenters. The third-order valence-electron chi connectivity index (χ3n) is 4.87. The Hall–Kier alpha value is -1.72. The van der Waals surface area contributed by atoms with Gasteiger partial charge in [-0.3, -0.25) is 9.59 Å². The first-order chi connectivity index (χ1) is 12.5. The molecule has 1 aromatic heterocycles. The second kappa shape index (κ2) is 7.02. The summed E-state index contributed by atoms with van der Waals surface area (Å²) in [6.07, 6.45) is 3.18. The largest absolute Gasteiger partial charge is 0.334 e. The molecule has 0 N–H and O–H groups in total. The molecule has 2 aliphatic rings. The number of sulfonamides is 1. The molecular formula is C16H23N3O6S2. The molecule has 1 aliphatic carbocycles. The van der Waals surface area contributed by atoms with E-state index in [0.29, 0.717) is 6.42 Å². The Balaban J connectivity index is 1.85. The third kappa shape index (κ3) is 4.25. The standard InChI is InChI=1S/C16H23N3O6S2/c1-17(2)27(24,25)14-5-6-15(20)18(9-14)10-16(21)19(12-3-4-12)13-7-8-26(22,23)11-13/h5-6,9,12-13H,3-4,7-8,10-11H2,1-2H3/t13-/m1/s1. The van der Waals surface area contributed by atoms with Gasteiger partial charge in [-0.2, -0.15) is 0 Å². The summed E-state index contributed by atoms with van der Waals surface area (Å²) in [5.41, 5.74) is -0.490. The Labute approximate surface area is 158 Å². The van der Waals surface area contributed by atoms with E-state index in [0.717, 1.165) is 34.0 Å². The molecule has 11 heteroatoms. The molecule has 0 aromatic carbocycles. The highest BCUT2D eigenvalue weighted by atomic mass is 32.2. The fourth-order valence-electron chi connectivity index (χ4n) is 3.28. The highest BCUT2D eigenvalue weighted by Gasteiger charge is 2.42. The monoisotopic (exact) mass is 417 g/mol. The van der Waals surface area contributed by atoms with Gasteiger partial charge in [0.1, 0.15) is 6.54 Å². The number of hydrogen-bond donors (Lipinski definition) is 0. The van der Waals surface area contributed by atoms with Gasteiger partial charge < -0.3 is 9.47 Å². The number of aromatic nitrogens is 1. The maximum atomic E-state index is 12.9. The van der Waals surface area contributed by atoms with Crippen LogP contribution in [0.15, 0.2) is 28.0 Å². The summed E-state index contributed by atoms with van der Waals surface area (Å²) >= 11 is 0. The topological polar surface area (TPSA) is 114 Å². The summed E-state index contributed by atoms with van der Waals surface area (Å²) < 4.78 is 50.2. The van der Waals surface area contributed by atoms with E-state index in [2.05, 4.69) is 0 Å². The van der Waals surface area contributed by atoms with E-state index in [9.17, 15) is 26.4 Å². The van der Waals surface area contributed by atoms with Gasteiger partial charge in [0.25, 0.3) is 5.56 Å². The molecule has 1 aliphatic heterocycles. The SMILES string of the molecule is CN(C)S(=O)(=O)c1ccc(=O)n(CC(=O)N(C2CC2)[C@@H]2CCS(=O)(=O)C2)c1. The summed E-state index contributed by atoms with van der Waals surface area (Å²) in [5, 5.41) is 0. The van der Waals surface area contributed by atoms with Crippen LogP contribution in [0.2, 0.25) is 0 Å². The summed E-state index contributed by atoms with van der Waals surface area (Å²) in [7, 11) is -4.12. The van der Waals surface area contributed by atoms with E-state index in [4.69, 9.17) is 0 Å². The Kier molecular flexibility index (Phi) is 5.21. The first-order valence-electron chi connectivity index (χ1n) is 8.66. The molecule has 3 rings (SSSR count). The van der Waals surface area contributed by atoms with Crippen LogP contribution in [0.3, 0.4) is 0 Å². The summed E-state index contributed by atoms with van der Waals surface area (Å²) in [6.45, 7) is -0.317. The minimum Gasteiger partial charge on any atom is -0.334 e. The molecule has 1 aromatic rings. The van der Waals surface area contributed by atoms with Crippen molar-refractivity contribution in [3.63, 3.8) is 0 Å². The minimum atomic E-state index is -3.74. The van der Waals surface area contributed by atoms with Crippen molar-refractivity contribution in [3.05, 3.63) is 28.7 Å². The molecule has 0 spiro atoms. The predicted octanol–water partition coefficient (Wildman–Crippen LogP) is -0.723. The van der Waals surface area contributed by atoms with Crippen molar-refractivity contribution in [1.29, 1.82) is 0 Å². The molecule has 2 fully saturated rings. The van der Waals surface area contributed by atoms with Crippen LogP contribution in [-0.2, 0) is 31.2 Å². The van der Waals surface area contributed by atoms with E-state index in [1.807, 2.05) is 0 Å². The van der Waals surface area contributed by atoms with Crippen molar-refractivity contribution in [3.8, 4) is 0 Å². The van der Waals surface area contributed by atoms with Crippen LogP contribution in [-0.4, -0.2) is 74.2 Å². The van der Waals surface area contributed by atoms with Crippen molar-refractivity contribution in [2.45, 2.75) is 42.8 Å². The molecule has 9 nitrogen and oxygen atoms in total. The smallest absolute Gasteiger partial charge is 0.251 e. The Morgan fingerprint density at radius 3 is 2.37 bits per heavy atom. The van der Waals surface area contributed by atoms with Crippen LogP contribution in [0.5, 0.6) is 0 Å². The zero-order chi connectivity index (χ0) is 20.0. The molecule has 1 saturated heterocycles. The number of carbonyl (C=O) groups excluding carboxylic acids is 1. The lowest BCUT2D eigenvalue weighted by Gasteiger charge is -2.28. The number of rotatable bonds is 6. The number of sulfone groups is 1. The van der Waals surface area contributed by atoms with Gasteiger partial charge in [0, 0.05) is 38.4 Å². The van der Waals surface area contributed by atoms with E-state index in [1.165, 1.54) is 20.2 Å². The molecule has 0 bridgehead atoms. The maximum absolute atomic E-state index is 12.9. The van der Waals surface area contributed by atoms with Gasteiger partial charge in [-0.25, -0.2) is 21.1 Å². The van der Waals surface area contributed by atoms with Gasteiger partial charge in [0.2, 0.25) is 15.9 Å². The predicted molar refractivity (Wildman–Crippen MR) is 98.5 cm³/mol. The number of carbonyl (C=O) groups is 1. The third-order valence-corrected chi connectivity index (χ3v) is 8.42. The van der Waals surface area contributed by atoms with E-state index < -0.39 is 25.4 Å². The van der Waals surface area contributed by atoms with Crippen molar-refractivity contribution in [1.82, 2.24) is 13.8 Å². The molecular weight excluding hydrogens is 394 g/mol. The second-order valence-corrected chi connectivity index (χ2v) is 11.6. The van der Waals surface area contributed by atoms with Gasteiger partial charge in [0.05, 0.1) is 16.4 Å². The van der Waals surface area contributed by atoms with Crippen LogP contribution in [0, 0.1) is 0 Å². The van der Waals surface area contributed by atoms with E-state index in [1.54, 1.807) is 4.90 Å². The average molecular weight is 418 g/mol. The lowest BCUT2D eigenvalue weighted by atomic mass is 10.2. The van der Waals surface area contributed by atoms with Gasteiger partial charge in [-0.15, -0.1) is 0 Å². The van der Waals surface area contributed by atoms with Crippen LogP contribution < -0.4 is 5.56 Å². The highest BCUT2D eigenvalue weighted by Crippen LogP contribution is 2.32. The van der Waals surface area contributed by atoms with Crippen LogP contribution in [0.25, 0.3) is 0 Å². The normalized spacial score (nSPS) is 22.1. The summed E-state index contributed by atoms with van der Waals surface area (Å²) in [5.74, 6) is -0.356. The Bertz CT molecular complexity index is 1010. The van der Waals surface area contributed by atoms with Crippen molar-refractivity contribution in [2.75, 3.05) is 25.6 Å². The summed E-state index contributed by atoms with van der Waals surface area (Å²) in [4.78, 5) is 26.5. The van der Waals surface area contributed by atoms with Crippen LogP contribution in [0.1, 0.15) is 19.3 Å². The van der Waals surface area contributed by atoms with Crippen LogP contribution in [0.4, 0.5) is 0 Å². The van der Waals surface area contributed by atoms with Crippen molar-refractivity contribution < 1.29 is 21.6 Å². The maximum Gasteiger partial charge on any atom is 0.251 e. The van der Waals surface area contributed by atoms with Gasteiger partial charge in [0.15, 0.2) is 9.84 Å². The van der Waals surface area contributed by atoms with Crippen LogP contribution >= 0.6 is 0 Å². The van der Waals surface area contributed by atoms with Gasteiger partial charge in [-0.1, -0.05) is 0 Å². The zero-order valence-corrected chi connectivity index (χ0v) is 16.9. The average Bonchev–Trinajstić information content (AvgIpc) is 3.32. The zero-order valence-electron chi connectivity index (χ0n) is 15.2. The number of amides is 1. The molecule has 27 heavy (non-hydrogen) atoms. The number of hydrogen-bond acceptors (Lipinski definition) is 6. The fourth-order valence-corrected chi connectivity index (χ4v) is 5.91. The lowest BCUT2D eigenvalue weighted by molar-refractivity contribution is -0.134. The molecule has 150 valence electrons. The molecule has 1 saturated carbocycles. The number of nitrogens with zero attached hydrogens (tertiary/aromatic N) is 3. The van der Waals surface area contributed by atoms with Gasteiger partial charge >= 0.3 is 0 Å². The fraction of sp³-hybridized carbons (Fsp3) is 0.625. The summed E-state index contributed by atoms with van der Waals surface area (Å²) in [6, 6.07) is 1.95. The van der Waals surface area contributed by atoms with Gasteiger partial charge in [-0.05, 0) is 25.3 Å². The first-order valence-corrected chi connectivity index (χ1v) is 11.9. The van der Waals surface area contributed by atoms with Crippen molar-refractivity contribution >= 4 is 25.8 Å². The quantitative estimate of drug-likeness (QED) is 0.603. The van der Waals surface area contributed by atoms with Crippen molar-refractivity contribution in [2.24, 2.45) is 0 Å². The number of pyridine rings is 1. The molecule has 0 radical (unpaired) electrons. The molecule has 1 amide bonds. The van der Waals surface area contributed by atoms with E-state index >= 15 is 0 Å². The first kappa shape index (κ1) is 20.0. The minimum absolute atomic E-state index is 0.000178. The molecule has 1 atom stereocenters.